The molecule has 8 nitrogen and oxygen atoms in total. The zero-order valence-electron chi connectivity index (χ0n) is 18.2. The highest BCUT2D eigenvalue weighted by atomic mass is 16.1. The van der Waals surface area contributed by atoms with Crippen molar-refractivity contribution in [1.29, 1.82) is 0 Å². The molecular formula is C23H27N7O. The lowest BCUT2D eigenvalue weighted by atomic mass is 10.1. The average Bonchev–Trinajstić information content (AvgIpc) is 3.04. The highest BCUT2D eigenvalue weighted by Crippen LogP contribution is 2.27. The second-order valence-electron chi connectivity index (χ2n) is 8.27. The lowest BCUT2D eigenvalue weighted by Gasteiger charge is -2.31. The first kappa shape index (κ1) is 19.7. The number of nitrogens with zero attached hydrogens (tertiary/aromatic N) is 6. The van der Waals surface area contributed by atoms with E-state index >= 15 is 0 Å². The minimum Gasteiger partial charge on any atom is -0.324 e. The number of anilines is 2. The largest absolute Gasteiger partial charge is 0.330 e. The number of hydrogen-bond donors (Lipinski definition) is 1. The number of rotatable bonds is 4. The number of hydrogen-bond acceptors (Lipinski definition) is 6. The summed E-state index contributed by atoms with van der Waals surface area (Å²) < 4.78 is 3.52. The Morgan fingerprint density at radius 2 is 2.00 bits per heavy atom. The Labute approximate surface area is 180 Å². The second-order valence-corrected chi connectivity index (χ2v) is 8.27. The van der Waals surface area contributed by atoms with Crippen LogP contribution in [0.15, 0.2) is 41.5 Å². The molecule has 1 aliphatic rings. The van der Waals surface area contributed by atoms with E-state index in [9.17, 15) is 4.79 Å². The smallest absolute Gasteiger partial charge is 0.324 e. The highest BCUT2D eigenvalue weighted by molar-refractivity contribution is 5.85. The van der Waals surface area contributed by atoms with E-state index in [1.165, 1.54) is 0 Å². The summed E-state index contributed by atoms with van der Waals surface area (Å²) in [5.74, 6) is 0.490. The quantitative estimate of drug-likeness (QED) is 0.548. The summed E-state index contributed by atoms with van der Waals surface area (Å²) >= 11 is 0. The van der Waals surface area contributed by atoms with Crippen molar-refractivity contribution in [2.75, 3.05) is 25.0 Å². The standard InChI is InChI=1S/C23H27N7O/c1-4-29-10-7-17(8-11-29)30-21-20(28(3)23(30)31)14-25-22(27-21)26-18-13-16-6-5-9-24-19(16)12-15(18)2/h5-6,9,12-14,17H,4,7-8,10-11H2,1-3H3,(H,25,26,27). The number of nitrogens with one attached hydrogen (secondary N) is 1. The first-order chi connectivity index (χ1) is 15.0. The summed E-state index contributed by atoms with van der Waals surface area (Å²) in [5.41, 5.74) is 4.38. The maximum Gasteiger partial charge on any atom is 0.330 e. The van der Waals surface area contributed by atoms with Gasteiger partial charge in [-0.2, -0.15) is 4.98 Å². The van der Waals surface area contributed by atoms with E-state index in [0.29, 0.717) is 11.6 Å². The van der Waals surface area contributed by atoms with Gasteiger partial charge in [0, 0.05) is 43.4 Å². The van der Waals surface area contributed by atoms with Crippen LogP contribution in [-0.2, 0) is 7.05 Å². The van der Waals surface area contributed by atoms with Crippen molar-refractivity contribution in [1.82, 2.24) is 29.0 Å². The molecule has 3 aromatic heterocycles. The Kier molecular flexibility index (Phi) is 4.94. The molecule has 0 spiro atoms. The van der Waals surface area contributed by atoms with Crippen LogP contribution in [0, 0.1) is 6.92 Å². The van der Waals surface area contributed by atoms with Crippen molar-refractivity contribution >= 4 is 33.7 Å². The number of pyridine rings is 1. The molecule has 5 rings (SSSR count). The van der Waals surface area contributed by atoms with E-state index in [4.69, 9.17) is 4.98 Å². The SMILES string of the molecule is CCN1CCC(n2c(=O)n(C)c3cnc(Nc4cc5cccnc5cc4C)nc32)CC1. The Morgan fingerprint density at radius 3 is 2.77 bits per heavy atom. The number of benzene rings is 1. The van der Waals surface area contributed by atoms with Crippen molar-refractivity contribution in [3.63, 3.8) is 0 Å². The van der Waals surface area contributed by atoms with Gasteiger partial charge in [-0.3, -0.25) is 14.1 Å². The molecular weight excluding hydrogens is 390 g/mol. The van der Waals surface area contributed by atoms with E-state index < -0.39 is 0 Å². The molecule has 1 N–H and O–H groups in total. The van der Waals surface area contributed by atoms with Gasteiger partial charge in [-0.05, 0) is 50.1 Å². The predicted octanol–water partition coefficient (Wildman–Crippen LogP) is 3.39. The molecule has 0 amide bonds. The van der Waals surface area contributed by atoms with Gasteiger partial charge in [-0.25, -0.2) is 9.78 Å². The molecule has 4 aromatic rings. The average molecular weight is 418 g/mol. The van der Waals surface area contributed by atoms with Gasteiger partial charge in [0.15, 0.2) is 5.65 Å². The molecule has 1 aliphatic heterocycles. The summed E-state index contributed by atoms with van der Waals surface area (Å²) in [6, 6.07) is 8.24. The molecule has 4 heterocycles. The number of piperidine rings is 1. The maximum absolute atomic E-state index is 13.0. The van der Waals surface area contributed by atoms with E-state index in [-0.39, 0.29) is 11.7 Å². The Bertz CT molecular complexity index is 1310. The van der Waals surface area contributed by atoms with Gasteiger partial charge >= 0.3 is 5.69 Å². The molecule has 0 aliphatic carbocycles. The molecule has 1 aromatic carbocycles. The monoisotopic (exact) mass is 417 g/mol. The lowest BCUT2D eigenvalue weighted by Crippen LogP contribution is -2.37. The molecule has 8 heteroatoms. The number of aromatic nitrogens is 5. The van der Waals surface area contributed by atoms with Crippen LogP contribution < -0.4 is 11.0 Å². The van der Waals surface area contributed by atoms with Crippen molar-refractivity contribution in [3.05, 3.63) is 52.7 Å². The van der Waals surface area contributed by atoms with Crippen LogP contribution in [0.5, 0.6) is 0 Å². The summed E-state index contributed by atoms with van der Waals surface area (Å²) in [6.07, 6.45) is 5.44. The molecule has 0 unspecified atom stereocenters. The fourth-order valence-corrected chi connectivity index (χ4v) is 4.50. The molecule has 0 radical (unpaired) electrons. The van der Waals surface area contributed by atoms with Crippen molar-refractivity contribution in [2.45, 2.75) is 32.7 Å². The van der Waals surface area contributed by atoms with Crippen LogP contribution in [0.2, 0.25) is 0 Å². The Morgan fingerprint density at radius 1 is 1.19 bits per heavy atom. The molecule has 1 saturated heterocycles. The second kappa shape index (κ2) is 7.77. The predicted molar refractivity (Wildman–Crippen MR) is 123 cm³/mol. The number of fused-ring (bicyclic) bond motifs is 2. The summed E-state index contributed by atoms with van der Waals surface area (Å²) in [4.78, 5) is 29.1. The van der Waals surface area contributed by atoms with Gasteiger partial charge in [0.05, 0.1) is 11.7 Å². The lowest BCUT2D eigenvalue weighted by molar-refractivity contribution is 0.194. The minimum atomic E-state index is -0.0237. The van der Waals surface area contributed by atoms with Crippen molar-refractivity contribution in [3.8, 4) is 0 Å². The topological polar surface area (TPSA) is 80.9 Å². The van der Waals surface area contributed by atoms with Gasteiger partial charge in [0.1, 0.15) is 5.52 Å². The number of imidazole rings is 1. The van der Waals surface area contributed by atoms with Crippen molar-refractivity contribution < 1.29 is 0 Å². The normalized spacial score (nSPS) is 15.7. The fourth-order valence-electron chi connectivity index (χ4n) is 4.50. The Hall–Kier alpha value is -3.26. The molecule has 31 heavy (non-hydrogen) atoms. The molecule has 0 bridgehead atoms. The minimum absolute atomic E-state index is 0.0237. The van der Waals surface area contributed by atoms with Gasteiger partial charge in [0.2, 0.25) is 5.95 Å². The zero-order chi connectivity index (χ0) is 21.5. The molecule has 160 valence electrons. The van der Waals surface area contributed by atoms with Gasteiger partial charge < -0.3 is 10.2 Å². The van der Waals surface area contributed by atoms with Crippen LogP contribution >= 0.6 is 0 Å². The van der Waals surface area contributed by atoms with Gasteiger partial charge in [0.25, 0.3) is 0 Å². The van der Waals surface area contributed by atoms with E-state index in [0.717, 1.165) is 60.1 Å². The van der Waals surface area contributed by atoms with Crippen molar-refractivity contribution in [2.24, 2.45) is 7.05 Å². The summed E-state index contributed by atoms with van der Waals surface area (Å²) in [6.45, 7) is 7.28. The Balaban J connectivity index is 1.53. The van der Waals surface area contributed by atoms with E-state index in [2.05, 4.69) is 39.2 Å². The number of aryl methyl sites for hydroxylation is 2. The van der Waals surface area contributed by atoms with Gasteiger partial charge in [-0.1, -0.05) is 13.0 Å². The number of likely N-dealkylation sites (tertiary alicyclic amines) is 1. The van der Waals surface area contributed by atoms with Crippen LogP contribution in [0.25, 0.3) is 22.1 Å². The third kappa shape index (κ3) is 3.46. The van der Waals surface area contributed by atoms with E-state index in [1.807, 2.05) is 23.6 Å². The fraction of sp³-hybridized carbons (Fsp3) is 0.391. The summed E-state index contributed by atoms with van der Waals surface area (Å²) in [7, 11) is 1.79. The van der Waals surface area contributed by atoms with Crippen LogP contribution in [0.3, 0.4) is 0 Å². The highest BCUT2D eigenvalue weighted by Gasteiger charge is 2.25. The molecule has 0 atom stereocenters. The van der Waals surface area contributed by atoms with Gasteiger partial charge in [-0.15, -0.1) is 0 Å². The maximum atomic E-state index is 13.0. The van der Waals surface area contributed by atoms with Crippen LogP contribution in [0.4, 0.5) is 11.6 Å². The van der Waals surface area contributed by atoms with Crippen LogP contribution in [-0.4, -0.2) is 48.6 Å². The summed E-state index contributed by atoms with van der Waals surface area (Å²) in [5, 5.41) is 4.40. The van der Waals surface area contributed by atoms with Crippen LogP contribution in [0.1, 0.15) is 31.4 Å². The third-order valence-electron chi connectivity index (χ3n) is 6.40. The third-order valence-corrected chi connectivity index (χ3v) is 6.40. The first-order valence-corrected chi connectivity index (χ1v) is 10.8. The molecule has 0 saturated carbocycles. The van der Waals surface area contributed by atoms with E-state index in [1.54, 1.807) is 24.0 Å². The molecule has 1 fully saturated rings. The zero-order valence-corrected chi connectivity index (χ0v) is 18.2. The first-order valence-electron chi connectivity index (χ1n) is 10.8.